The Balaban J connectivity index is 1.47. The highest BCUT2D eigenvalue weighted by molar-refractivity contribution is 6.35. The van der Waals surface area contributed by atoms with Crippen LogP contribution in [-0.4, -0.2) is 23.3 Å². The molecule has 0 saturated carbocycles. The first-order valence-electron chi connectivity index (χ1n) is 7.99. The zero-order chi connectivity index (χ0) is 17.6. The number of carbonyl (C=O) groups excluding carboxylic acids is 2. The number of fused-ring (bicyclic) bond motifs is 1. The number of hydrogen-bond acceptors (Lipinski definition) is 2. The maximum Gasteiger partial charge on any atom is 0.309 e. The van der Waals surface area contributed by atoms with Gasteiger partial charge in [-0.15, -0.1) is 0 Å². The first-order valence-corrected chi connectivity index (χ1v) is 8.37. The Morgan fingerprint density at radius 3 is 2.48 bits per heavy atom. The van der Waals surface area contributed by atoms with E-state index < -0.39 is 11.8 Å². The maximum absolute atomic E-state index is 11.9. The molecule has 0 bridgehead atoms. The van der Waals surface area contributed by atoms with Crippen molar-refractivity contribution in [2.75, 3.05) is 6.54 Å². The van der Waals surface area contributed by atoms with Crippen molar-refractivity contribution in [2.24, 2.45) is 0 Å². The summed E-state index contributed by atoms with van der Waals surface area (Å²) < 4.78 is 0. The Kier molecular flexibility index (Phi) is 5.36. The highest BCUT2D eigenvalue weighted by Crippen LogP contribution is 2.17. The number of benzene rings is 2. The van der Waals surface area contributed by atoms with Crippen molar-refractivity contribution in [3.05, 3.63) is 70.9 Å². The largest absolute Gasteiger partial charge is 0.361 e. The second-order valence-electron chi connectivity index (χ2n) is 5.64. The van der Waals surface area contributed by atoms with Gasteiger partial charge in [-0.25, -0.2) is 0 Å². The van der Waals surface area contributed by atoms with Crippen LogP contribution in [0.1, 0.15) is 11.1 Å². The van der Waals surface area contributed by atoms with Gasteiger partial charge in [0.05, 0.1) is 0 Å². The molecular weight excluding hydrogens is 338 g/mol. The summed E-state index contributed by atoms with van der Waals surface area (Å²) in [6, 6.07) is 15.1. The van der Waals surface area contributed by atoms with E-state index in [9.17, 15) is 9.59 Å². The van der Waals surface area contributed by atoms with Crippen LogP contribution < -0.4 is 10.6 Å². The van der Waals surface area contributed by atoms with Crippen LogP contribution in [0, 0.1) is 0 Å². The lowest BCUT2D eigenvalue weighted by atomic mass is 10.1. The van der Waals surface area contributed by atoms with Crippen LogP contribution in [0.4, 0.5) is 0 Å². The van der Waals surface area contributed by atoms with Gasteiger partial charge in [0.25, 0.3) is 0 Å². The fourth-order valence-electron chi connectivity index (χ4n) is 2.63. The van der Waals surface area contributed by atoms with E-state index in [2.05, 4.69) is 15.6 Å². The predicted octanol–water partition coefficient (Wildman–Crippen LogP) is 2.80. The highest BCUT2D eigenvalue weighted by Gasteiger charge is 2.13. The second kappa shape index (κ2) is 7.85. The van der Waals surface area contributed by atoms with E-state index in [1.807, 2.05) is 42.6 Å². The molecule has 128 valence electrons. The molecule has 0 radical (unpaired) electrons. The number of hydrogen-bond donors (Lipinski definition) is 3. The molecule has 0 aliphatic heterocycles. The molecule has 0 aliphatic rings. The molecule has 0 saturated heterocycles. The Morgan fingerprint density at radius 1 is 0.920 bits per heavy atom. The van der Waals surface area contributed by atoms with Crippen molar-refractivity contribution in [2.45, 2.75) is 13.0 Å². The molecule has 0 spiro atoms. The summed E-state index contributed by atoms with van der Waals surface area (Å²) in [5.41, 5.74) is 2.93. The molecule has 0 fully saturated rings. The van der Waals surface area contributed by atoms with Crippen LogP contribution in [0.15, 0.2) is 54.7 Å². The van der Waals surface area contributed by atoms with E-state index in [1.165, 1.54) is 0 Å². The number of carbonyl (C=O) groups is 2. The van der Waals surface area contributed by atoms with E-state index in [4.69, 9.17) is 11.6 Å². The summed E-state index contributed by atoms with van der Waals surface area (Å²) in [6.45, 7) is 0.606. The highest BCUT2D eigenvalue weighted by atomic mass is 35.5. The standard InChI is InChI=1S/C19H18ClN3O2/c20-16-7-3-1-5-14(16)12-23-19(25)18(24)21-10-9-13-11-22-17-8-4-2-6-15(13)17/h1-8,11,22H,9-10,12H2,(H,21,24)(H,23,25). The monoisotopic (exact) mass is 355 g/mol. The summed E-state index contributed by atoms with van der Waals surface area (Å²) in [7, 11) is 0. The van der Waals surface area contributed by atoms with Gasteiger partial charge in [-0.1, -0.05) is 48.0 Å². The van der Waals surface area contributed by atoms with E-state index in [-0.39, 0.29) is 6.54 Å². The summed E-state index contributed by atoms with van der Waals surface area (Å²) >= 11 is 6.02. The van der Waals surface area contributed by atoms with Gasteiger partial charge < -0.3 is 15.6 Å². The third-order valence-corrected chi connectivity index (χ3v) is 4.33. The zero-order valence-corrected chi connectivity index (χ0v) is 14.3. The van der Waals surface area contributed by atoms with Crippen LogP contribution in [0.2, 0.25) is 5.02 Å². The van der Waals surface area contributed by atoms with Crippen LogP contribution in [0.5, 0.6) is 0 Å². The number of amides is 2. The molecule has 0 unspecified atom stereocenters. The van der Waals surface area contributed by atoms with Crippen molar-refractivity contribution in [3.8, 4) is 0 Å². The van der Waals surface area contributed by atoms with Gasteiger partial charge in [0, 0.05) is 35.2 Å². The van der Waals surface area contributed by atoms with Gasteiger partial charge in [0.2, 0.25) is 0 Å². The van der Waals surface area contributed by atoms with Crippen molar-refractivity contribution in [1.29, 1.82) is 0 Å². The molecule has 2 aromatic carbocycles. The number of aromatic nitrogens is 1. The minimum atomic E-state index is -0.668. The van der Waals surface area contributed by atoms with Gasteiger partial charge in [0.1, 0.15) is 0 Å². The fourth-order valence-corrected chi connectivity index (χ4v) is 2.83. The number of H-pyrrole nitrogens is 1. The third-order valence-electron chi connectivity index (χ3n) is 3.96. The minimum Gasteiger partial charge on any atom is -0.361 e. The van der Waals surface area contributed by atoms with Crippen LogP contribution in [0.3, 0.4) is 0 Å². The lowest BCUT2D eigenvalue weighted by Crippen LogP contribution is -2.40. The van der Waals surface area contributed by atoms with E-state index in [1.54, 1.807) is 12.1 Å². The summed E-state index contributed by atoms with van der Waals surface area (Å²) in [5, 5.41) is 6.89. The van der Waals surface area contributed by atoms with Crippen molar-refractivity contribution < 1.29 is 9.59 Å². The molecule has 25 heavy (non-hydrogen) atoms. The topological polar surface area (TPSA) is 74.0 Å². The van der Waals surface area contributed by atoms with Crippen molar-refractivity contribution in [3.63, 3.8) is 0 Å². The number of nitrogens with one attached hydrogen (secondary N) is 3. The molecule has 1 heterocycles. The van der Waals surface area contributed by atoms with E-state index in [0.717, 1.165) is 22.0 Å². The molecule has 5 nitrogen and oxygen atoms in total. The van der Waals surface area contributed by atoms with Crippen molar-refractivity contribution >= 4 is 34.3 Å². The molecule has 2 amide bonds. The molecule has 1 aromatic heterocycles. The first kappa shape index (κ1) is 17.0. The summed E-state index contributed by atoms with van der Waals surface area (Å²) in [6.07, 6.45) is 2.57. The van der Waals surface area contributed by atoms with Crippen molar-refractivity contribution in [1.82, 2.24) is 15.6 Å². The van der Waals surface area contributed by atoms with Gasteiger partial charge in [0.15, 0.2) is 0 Å². The molecule has 0 atom stereocenters. The Morgan fingerprint density at radius 2 is 1.64 bits per heavy atom. The Bertz CT molecular complexity index is 904. The third kappa shape index (κ3) is 4.19. The number of halogens is 1. The zero-order valence-electron chi connectivity index (χ0n) is 13.5. The smallest absolute Gasteiger partial charge is 0.309 e. The molecule has 0 aliphatic carbocycles. The minimum absolute atomic E-state index is 0.217. The second-order valence-corrected chi connectivity index (χ2v) is 6.05. The molecular formula is C19H18ClN3O2. The summed E-state index contributed by atoms with van der Waals surface area (Å²) in [4.78, 5) is 26.9. The maximum atomic E-state index is 11.9. The average molecular weight is 356 g/mol. The number of para-hydroxylation sites is 1. The van der Waals surface area contributed by atoms with Gasteiger partial charge in [-0.2, -0.15) is 0 Å². The van der Waals surface area contributed by atoms with Crippen LogP contribution in [-0.2, 0) is 22.6 Å². The van der Waals surface area contributed by atoms with Gasteiger partial charge in [-0.05, 0) is 29.7 Å². The van der Waals surface area contributed by atoms with Gasteiger partial charge in [-0.3, -0.25) is 9.59 Å². The first-order chi connectivity index (χ1) is 12.1. The molecule has 6 heteroatoms. The molecule has 3 aromatic rings. The summed E-state index contributed by atoms with van der Waals surface area (Å²) in [5.74, 6) is -1.31. The van der Waals surface area contributed by atoms with Crippen LogP contribution in [0.25, 0.3) is 10.9 Å². The SMILES string of the molecule is O=C(NCCc1c[nH]c2ccccc12)C(=O)NCc1ccccc1Cl. The Labute approximate surface area is 150 Å². The van der Waals surface area contributed by atoms with Gasteiger partial charge >= 0.3 is 11.8 Å². The normalized spacial score (nSPS) is 10.6. The number of rotatable bonds is 5. The average Bonchev–Trinajstić information content (AvgIpc) is 3.04. The number of aromatic amines is 1. The fraction of sp³-hybridized carbons (Fsp3) is 0.158. The molecule has 3 N–H and O–H groups in total. The molecule has 3 rings (SSSR count). The van der Waals surface area contributed by atoms with Crippen LogP contribution >= 0.6 is 11.6 Å². The quantitative estimate of drug-likeness (QED) is 0.616. The predicted molar refractivity (Wildman–Crippen MR) is 98.3 cm³/mol. The lowest BCUT2D eigenvalue weighted by Gasteiger charge is -2.07. The van der Waals surface area contributed by atoms with E-state index >= 15 is 0 Å². The van der Waals surface area contributed by atoms with E-state index in [0.29, 0.717) is 18.0 Å². The Hall–Kier alpha value is -2.79. The lowest BCUT2D eigenvalue weighted by molar-refractivity contribution is -0.139.